The Bertz CT molecular complexity index is 71.7. The average molecular weight is 113 g/mol. The molecule has 0 spiro atoms. The summed E-state index contributed by atoms with van der Waals surface area (Å²) in [5.74, 6) is 0. The Morgan fingerprint density at radius 2 is 1.88 bits per heavy atom. The summed E-state index contributed by atoms with van der Waals surface area (Å²) in [5, 5.41) is 13.4. The van der Waals surface area contributed by atoms with Crippen LogP contribution in [-0.4, -0.2) is 24.1 Å². The molecule has 0 saturated carbocycles. The van der Waals surface area contributed by atoms with Crippen LogP contribution in [0.25, 0.3) is 0 Å². The van der Waals surface area contributed by atoms with Crippen molar-refractivity contribution in [2.75, 3.05) is 6.54 Å². The van der Waals surface area contributed by atoms with E-state index < -0.39 is 0 Å². The van der Waals surface area contributed by atoms with Gasteiger partial charge < -0.3 is 4.90 Å². The van der Waals surface area contributed by atoms with Crippen LogP contribution in [0.15, 0.2) is 0 Å². The lowest BCUT2D eigenvalue weighted by Crippen LogP contribution is -2.19. The zero-order valence-electron chi connectivity index (χ0n) is 5.02. The van der Waals surface area contributed by atoms with E-state index in [-0.39, 0.29) is 0 Å². The maximum Gasteiger partial charge on any atom is 0.0868 e. The molecule has 0 atom stereocenters. The third-order valence-corrected chi connectivity index (χ3v) is 0.813. The molecular formula is C5H11N3. The standard InChI is InChI=1S/C5H11N3/c1-2-3-8(4-6)5-7/h4-7H,2-3H2,1H3. The molecule has 3 heteroatoms. The van der Waals surface area contributed by atoms with Gasteiger partial charge in [0.25, 0.3) is 0 Å². The lowest BCUT2D eigenvalue weighted by Gasteiger charge is -2.07. The zero-order valence-corrected chi connectivity index (χ0v) is 5.02. The molecule has 0 heterocycles. The van der Waals surface area contributed by atoms with Crippen LogP contribution >= 0.6 is 0 Å². The monoisotopic (exact) mass is 113 g/mol. The summed E-state index contributed by atoms with van der Waals surface area (Å²) in [6.45, 7) is 2.78. The van der Waals surface area contributed by atoms with Gasteiger partial charge in [0, 0.05) is 6.54 Å². The van der Waals surface area contributed by atoms with Gasteiger partial charge in [-0.25, -0.2) is 0 Å². The maximum absolute atomic E-state index is 6.71. The van der Waals surface area contributed by atoms with Crippen molar-refractivity contribution in [3.05, 3.63) is 0 Å². The average Bonchev–Trinajstić information content (AvgIpc) is 1.83. The molecule has 46 valence electrons. The van der Waals surface area contributed by atoms with Crippen molar-refractivity contribution < 1.29 is 0 Å². The van der Waals surface area contributed by atoms with Gasteiger partial charge in [-0.3, -0.25) is 10.8 Å². The quantitative estimate of drug-likeness (QED) is 0.413. The van der Waals surface area contributed by atoms with Crippen molar-refractivity contribution in [2.24, 2.45) is 0 Å². The van der Waals surface area contributed by atoms with Gasteiger partial charge in [0.15, 0.2) is 0 Å². The molecule has 2 N–H and O–H groups in total. The van der Waals surface area contributed by atoms with Gasteiger partial charge >= 0.3 is 0 Å². The maximum atomic E-state index is 6.71. The predicted molar refractivity (Wildman–Crippen MR) is 34.6 cm³/mol. The van der Waals surface area contributed by atoms with Gasteiger partial charge in [0.1, 0.15) is 0 Å². The number of hydrogen-bond donors (Lipinski definition) is 2. The Morgan fingerprint density at radius 1 is 1.38 bits per heavy atom. The van der Waals surface area contributed by atoms with Crippen LogP contribution in [0.1, 0.15) is 13.3 Å². The van der Waals surface area contributed by atoms with E-state index in [1.165, 1.54) is 4.90 Å². The fourth-order valence-electron chi connectivity index (χ4n) is 0.425. The highest BCUT2D eigenvalue weighted by Gasteiger charge is 1.87. The van der Waals surface area contributed by atoms with Crippen LogP contribution < -0.4 is 0 Å². The summed E-state index contributed by atoms with van der Waals surface area (Å²) in [4.78, 5) is 1.51. The molecule has 0 radical (unpaired) electrons. The lowest BCUT2D eigenvalue weighted by molar-refractivity contribution is 0.618. The van der Waals surface area contributed by atoms with Crippen LogP contribution in [-0.2, 0) is 0 Å². The van der Waals surface area contributed by atoms with Gasteiger partial charge in [-0.15, -0.1) is 0 Å². The molecule has 0 aliphatic rings. The van der Waals surface area contributed by atoms with Crippen molar-refractivity contribution in [1.82, 2.24) is 4.90 Å². The molecule has 0 aromatic carbocycles. The van der Waals surface area contributed by atoms with E-state index in [9.17, 15) is 0 Å². The number of nitrogens with zero attached hydrogens (tertiary/aromatic N) is 1. The Balaban J connectivity index is 3.35. The summed E-state index contributed by atoms with van der Waals surface area (Å²) in [6.07, 6.45) is 3.28. The van der Waals surface area contributed by atoms with Crippen molar-refractivity contribution in [3.8, 4) is 0 Å². The first-order chi connectivity index (χ1) is 3.85. The molecule has 3 nitrogen and oxygen atoms in total. The van der Waals surface area contributed by atoms with Crippen molar-refractivity contribution in [1.29, 1.82) is 10.8 Å². The molecule has 0 aromatic rings. The molecule has 0 amide bonds. The normalized spacial score (nSPS) is 8.12. The molecular weight excluding hydrogens is 102 g/mol. The first kappa shape index (κ1) is 7.14. The summed E-state index contributed by atoms with van der Waals surface area (Å²) in [7, 11) is 0. The van der Waals surface area contributed by atoms with Crippen molar-refractivity contribution in [3.63, 3.8) is 0 Å². The third kappa shape index (κ3) is 2.34. The zero-order chi connectivity index (χ0) is 6.41. The van der Waals surface area contributed by atoms with Gasteiger partial charge in [0.05, 0.1) is 12.7 Å². The first-order valence-electron chi connectivity index (χ1n) is 2.62. The fourth-order valence-corrected chi connectivity index (χ4v) is 0.425. The van der Waals surface area contributed by atoms with Crippen LogP contribution in [0.3, 0.4) is 0 Å². The largest absolute Gasteiger partial charge is 0.324 e. The number of rotatable bonds is 4. The minimum Gasteiger partial charge on any atom is -0.324 e. The van der Waals surface area contributed by atoms with E-state index in [1.54, 1.807) is 0 Å². The van der Waals surface area contributed by atoms with Gasteiger partial charge in [-0.05, 0) is 6.42 Å². The highest BCUT2D eigenvalue weighted by Crippen LogP contribution is 1.79. The van der Waals surface area contributed by atoms with Gasteiger partial charge in [-0.2, -0.15) is 0 Å². The minimum absolute atomic E-state index is 0.771. The van der Waals surface area contributed by atoms with Crippen LogP contribution in [0.4, 0.5) is 0 Å². The molecule has 0 bridgehead atoms. The van der Waals surface area contributed by atoms with Crippen LogP contribution in [0.5, 0.6) is 0 Å². The molecule has 0 rings (SSSR count). The third-order valence-electron chi connectivity index (χ3n) is 0.813. The first-order valence-corrected chi connectivity index (χ1v) is 2.62. The molecule has 0 unspecified atom stereocenters. The van der Waals surface area contributed by atoms with E-state index >= 15 is 0 Å². The van der Waals surface area contributed by atoms with E-state index in [2.05, 4.69) is 0 Å². The molecule has 0 aromatic heterocycles. The smallest absolute Gasteiger partial charge is 0.0868 e. The second kappa shape index (κ2) is 4.30. The Hall–Kier alpha value is -0.860. The van der Waals surface area contributed by atoms with E-state index in [4.69, 9.17) is 10.8 Å². The second-order valence-electron chi connectivity index (χ2n) is 1.50. The predicted octanol–water partition coefficient (Wildman–Crippen LogP) is 0.913. The molecule has 0 aliphatic carbocycles. The summed E-state index contributed by atoms with van der Waals surface area (Å²) in [6, 6.07) is 0. The lowest BCUT2D eigenvalue weighted by atomic mass is 10.5. The minimum atomic E-state index is 0.771. The topological polar surface area (TPSA) is 50.9 Å². The SMILES string of the molecule is CCCN(C=N)C=N. The molecule has 0 fully saturated rings. The molecule has 0 aliphatic heterocycles. The second-order valence-corrected chi connectivity index (χ2v) is 1.50. The Labute approximate surface area is 49.3 Å². The van der Waals surface area contributed by atoms with Crippen LogP contribution in [0.2, 0.25) is 0 Å². The summed E-state index contributed by atoms with van der Waals surface area (Å²) < 4.78 is 0. The number of nitrogens with one attached hydrogen (secondary N) is 2. The van der Waals surface area contributed by atoms with Crippen LogP contribution in [0, 0.1) is 10.8 Å². The Morgan fingerprint density at radius 3 is 2.00 bits per heavy atom. The summed E-state index contributed by atoms with van der Waals surface area (Å²) in [5.41, 5.74) is 0. The highest BCUT2D eigenvalue weighted by molar-refractivity contribution is 5.71. The Kier molecular flexibility index (Phi) is 3.84. The van der Waals surface area contributed by atoms with Gasteiger partial charge in [0.2, 0.25) is 0 Å². The number of hydrogen-bond acceptors (Lipinski definition) is 2. The van der Waals surface area contributed by atoms with Gasteiger partial charge in [-0.1, -0.05) is 6.92 Å². The molecule has 8 heavy (non-hydrogen) atoms. The fraction of sp³-hybridized carbons (Fsp3) is 0.600. The van der Waals surface area contributed by atoms with E-state index in [0.29, 0.717) is 0 Å². The summed E-state index contributed by atoms with van der Waals surface area (Å²) >= 11 is 0. The van der Waals surface area contributed by atoms with Crippen molar-refractivity contribution in [2.45, 2.75) is 13.3 Å². The highest BCUT2D eigenvalue weighted by atomic mass is 15.1. The van der Waals surface area contributed by atoms with E-state index in [0.717, 1.165) is 25.6 Å². The molecule has 0 saturated heterocycles. The van der Waals surface area contributed by atoms with Crippen molar-refractivity contribution >= 4 is 12.7 Å². The van der Waals surface area contributed by atoms with E-state index in [1.807, 2.05) is 6.92 Å².